The second-order valence-corrected chi connectivity index (χ2v) is 11.6. The van der Waals surface area contributed by atoms with Crippen LogP contribution in [0.4, 0.5) is 4.79 Å². The van der Waals surface area contributed by atoms with E-state index in [1.165, 1.54) is 0 Å². The lowest BCUT2D eigenvalue weighted by atomic mass is 9.87. The van der Waals surface area contributed by atoms with Crippen molar-refractivity contribution in [1.29, 1.82) is 0 Å². The molecule has 3 amide bonds. The van der Waals surface area contributed by atoms with Crippen LogP contribution in [0.5, 0.6) is 0 Å². The molecule has 0 heterocycles. The molecule has 204 valence electrons. The molecule has 0 radical (unpaired) electrons. The molecular formula is C29H43N3O4S. The molecule has 1 fully saturated rings. The van der Waals surface area contributed by atoms with Gasteiger partial charge >= 0.3 is 6.09 Å². The van der Waals surface area contributed by atoms with E-state index in [1.54, 1.807) is 43.5 Å². The van der Waals surface area contributed by atoms with E-state index in [9.17, 15) is 14.4 Å². The summed E-state index contributed by atoms with van der Waals surface area (Å²) >= 11 is 1.59. The summed E-state index contributed by atoms with van der Waals surface area (Å²) < 4.78 is 5.45. The Kier molecular flexibility index (Phi) is 11.8. The standard InChI is InChI=1S/C29H43N3O4S/c1-8-13-20(3)30-26(33)25(23-17-11-10-14-21(23)9-2)32(22-15-12-16-22)27(34)24(18-19-37-7)31-28(35)36-29(4,5)6/h2,10-11,14,17,20,22,24-25H,8,12-13,15-16,18-19H2,1,3-7H3,(H,30,33)(H,31,35). The van der Waals surface area contributed by atoms with E-state index >= 15 is 0 Å². The Morgan fingerprint density at radius 3 is 2.41 bits per heavy atom. The smallest absolute Gasteiger partial charge is 0.408 e. The van der Waals surface area contributed by atoms with E-state index in [0.29, 0.717) is 23.3 Å². The fraction of sp³-hybridized carbons (Fsp3) is 0.621. The molecule has 8 heteroatoms. The first kappa shape index (κ1) is 30.6. The third-order valence-electron chi connectivity index (χ3n) is 6.37. The third-order valence-corrected chi connectivity index (χ3v) is 7.01. The van der Waals surface area contributed by atoms with E-state index in [2.05, 4.69) is 23.5 Å². The van der Waals surface area contributed by atoms with Crippen molar-refractivity contribution in [3.05, 3.63) is 35.4 Å². The highest BCUT2D eigenvalue weighted by molar-refractivity contribution is 7.98. The summed E-state index contributed by atoms with van der Waals surface area (Å²) in [6.07, 6.45) is 11.8. The molecule has 2 N–H and O–H groups in total. The van der Waals surface area contributed by atoms with Crippen LogP contribution in [0.15, 0.2) is 24.3 Å². The van der Waals surface area contributed by atoms with Gasteiger partial charge in [-0.2, -0.15) is 11.8 Å². The number of amides is 3. The van der Waals surface area contributed by atoms with E-state index < -0.39 is 23.8 Å². The zero-order chi connectivity index (χ0) is 27.6. The molecule has 0 saturated heterocycles. The largest absolute Gasteiger partial charge is 0.444 e. The first-order valence-electron chi connectivity index (χ1n) is 13.2. The molecule has 1 aliphatic rings. The number of hydrogen-bond donors (Lipinski definition) is 2. The molecule has 0 aromatic heterocycles. The molecule has 37 heavy (non-hydrogen) atoms. The van der Waals surface area contributed by atoms with Gasteiger partial charge in [-0.25, -0.2) is 4.79 Å². The predicted molar refractivity (Wildman–Crippen MR) is 150 cm³/mol. The van der Waals surface area contributed by atoms with Gasteiger partial charge < -0.3 is 20.3 Å². The summed E-state index contributed by atoms with van der Waals surface area (Å²) in [6, 6.07) is 5.37. The van der Waals surface area contributed by atoms with Crippen molar-refractivity contribution in [3.8, 4) is 12.3 Å². The Morgan fingerprint density at radius 1 is 1.19 bits per heavy atom. The van der Waals surface area contributed by atoms with Gasteiger partial charge in [0.25, 0.3) is 0 Å². The van der Waals surface area contributed by atoms with Gasteiger partial charge in [0.05, 0.1) is 0 Å². The maximum absolute atomic E-state index is 14.2. The van der Waals surface area contributed by atoms with Crippen molar-refractivity contribution in [2.45, 2.75) is 103 Å². The maximum atomic E-state index is 14.2. The van der Waals surface area contributed by atoms with Gasteiger partial charge in [-0.05, 0) is 83.4 Å². The number of rotatable bonds is 12. The Bertz CT molecular complexity index is 965. The average Bonchev–Trinajstić information content (AvgIpc) is 2.78. The zero-order valence-corrected chi connectivity index (χ0v) is 24.0. The maximum Gasteiger partial charge on any atom is 0.408 e. The second kappa shape index (κ2) is 14.3. The lowest BCUT2D eigenvalue weighted by Crippen LogP contribution is -2.58. The number of nitrogens with zero attached hydrogens (tertiary/aromatic N) is 1. The zero-order valence-electron chi connectivity index (χ0n) is 23.1. The normalized spacial score (nSPS) is 15.9. The van der Waals surface area contributed by atoms with Crippen LogP contribution in [0.3, 0.4) is 0 Å². The summed E-state index contributed by atoms with van der Waals surface area (Å²) in [5.74, 6) is 2.80. The van der Waals surface area contributed by atoms with Gasteiger partial charge in [-0.15, -0.1) is 6.42 Å². The molecule has 1 saturated carbocycles. The van der Waals surface area contributed by atoms with Crippen molar-refractivity contribution >= 4 is 29.7 Å². The lowest BCUT2D eigenvalue weighted by molar-refractivity contribution is -0.147. The predicted octanol–water partition coefficient (Wildman–Crippen LogP) is 5.04. The van der Waals surface area contributed by atoms with E-state index in [-0.39, 0.29) is 23.9 Å². The highest BCUT2D eigenvalue weighted by atomic mass is 32.2. The first-order valence-corrected chi connectivity index (χ1v) is 14.6. The summed E-state index contributed by atoms with van der Waals surface area (Å²) in [6.45, 7) is 9.37. The van der Waals surface area contributed by atoms with Crippen molar-refractivity contribution in [2.24, 2.45) is 0 Å². The van der Waals surface area contributed by atoms with E-state index in [4.69, 9.17) is 11.2 Å². The van der Waals surface area contributed by atoms with Crippen LogP contribution in [-0.2, 0) is 14.3 Å². The minimum atomic E-state index is -0.901. The van der Waals surface area contributed by atoms with E-state index in [0.717, 1.165) is 32.1 Å². The molecule has 1 aromatic carbocycles. The molecule has 1 aromatic rings. The first-order chi connectivity index (χ1) is 17.5. The molecule has 0 bridgehead atoms. The number of nitrogens with one attached hydrogen (secondary N) is 2. The van der Waals surface area contributed by atoms with E-state index in [1.807, 2.05) is 31.4 Å². The molecule has 0 aliphatic heterocycles. The van der Waals surface area contributed by atoms with Gasteiger partial charge in [0.2, 0.25) is 11.8 Å². The van der Waals surface area contributed by atoms with Gasteiger partial charge in [0.15, 0.2) is 0 Å². The summed E-state index contributed by atoms with van der Waals surface area (Å²) in [5.41, 5.74) is 0.491. The third kappa shape index (κ3) is 8.99. The molecule has 1 aliphatic carbocycles. The average molecular weight is 530 g/mol. The van der Waals surface area contributed by atoms with Crippen LogP contribution in [0.1, 0.15) is 90.3 Å². The van der Waals surface area contributed by atoms with Crippen molar-refractivity contribution in [2.75, 3.05) is 12.0 Å². The highest BCUT2D eigenvalue weighted by Crippen LogP contribution is 2.35. The number of carbonyl (C=O) groups is 3. The SMILES string of the molecule is C#Cc1ccccc1C(C(=O)NC(C)CCC)N(C(=O)C(CCSC)NC(=O)OC(C)(C)C)C1CCC1. The summed E-state index contributed by atoms with van der Waals surface area (Å²) in [5, 5.41) is 5.89. The Morgan fingerprint density at radius 2 is 1.86 bits per heavy atom. The molecule has 7 nitrogen and oxygen atoms in total. The van der Waals surface area contributed by atoms with Crippen LogP contribution in [0.2, 0.25) is 0 Å². The second-order valence-electron chi connectivity index (χ2n) is 10.6. The number of ether oxygens (including phenoxy) is 1. The topological polar surface area (TPSA) is 87.7 Å². The quantitative estimate of drug-likeness (QED) is 0.371. The number of carbonyl (C=O) groups excluding carboxylic acids is 3. The number of hydrogen-bond acceptors (Lipinski definition) is 5. The van der Waals surface area contributed by atoms with Gasteiger partial charge in [-0.1, -0.05) is 37.5 Å². The van der Waals surface area contributed by atoms with Crippen LogP contribution >= 0.6 is 11.8 Å². The van der Waals surface area contributed by atoms with Crippen LogP contribution in [0.25, 0.3) is 0 Å². The van der Waals surface area contributed by atoms with Gasteiger partial charge in [0, 0.05) is 17.6 Å². The highest BCUT2D eigenvalue weighted by Gasteiger charge is 2.42. The monoisotopic (exact) mass is 529 g/mol. The Balaban J connectivity index is 2.52. The number of benzene rings is 1. The summed E-state index contributed by atoms with van der Waals surface area (Å²) in [7, 11) is 0. The van der Waals surface area contributed by atoms with Crippen molar-refractivity contribution in [3.63, 3.8) is 0 Å². The fourth-order valence-corrected chi connectivity index (χ4v) is 4.89. The molecule has 3 atom stereocenters. The number of terminal acetylenes is 1. The van der Waals surface area contributed by atoms with Crippen LogP contribution in [0, 0.1) is 12.3 Å². The molecule has 3 unspecified atom stereocenters. The molecule has 2 rings (SSSR count). The van der Waals surface area contributed by atoms with Crippen molar-refractivity contribution in [1.82, 2.24) is 15.5 Å². The van der Waals surface area contributed by atoms with Crippen molar-refractivity contribution < 1.29 is 19.1 Å². The fourth-order valence-electron chi connectivity index (χ4n) is 4.42. The Labute approximate surface area is 226 Å². The van der Waals surface area contributed by atoms with Gasteiger partial charge in [-0.3, -0.25) is 9.59 Å². The molecule has 0 spiro atoms. The Hall–Kier alpha value is -2.66. The van der Waals surface area contributed by atoms with Gasteiger partial charge in [0.1, 0.15) is 17.7 Å². The lowest BCUT2D eigenvalue weighted by Gasteiger charge is -2.44. The summed E-state index contributed by atoms with van der Waals surface area (Å²) in [4.78, 5) is 42.4. The van der Waals surface area contributed by atoms with Crippen LogP contribution in [-0.4, -0.2) is 58.5 Å². The molecular weight excluding hydrogens is 486 g/mol. The number of thioether (sulfide) groups is 1. The van der Waals surface area contributed by atoms with Crippen LogP contribution < -0.4 is 10.6 Å². The minimum Gasteiger partial charge on any atom is -0.444 e. The minimum absolute atomic E-state index is 0.0523. The number of alkyl carbamates (subject to hydrolysis) is 1.